The molecule has 6 heteroatoms. The molecule has 0 saturated carbocycles. The molecular formula is C13H12IN3O2. The Morgan fingerprint density at radius 3 is 2.53 bits per heavy atom. The number of hydrogen-bond acceptors (Lipinski definition) is 4. The fourth-order valence-electron chi connectivity index (χ4n) is 1.61. The standard InChI is InChI=1S/C13H12IN3O2/c14-13-10(5-4-8-12(13)17(18)19)9-15-16-11-6-2-1-3-7-11/h1-8,15-16H,9H2. The lowest BCUT2D eigenvalue weighted by Gasteiger charge is -2.09. The molecule has 0 radical (unpaired) electrons. The second-order valence-electron chi connectivity index (χ2n) is 3.85. The van der Waals surface area contributed by atoms with Crippen molar-refractivity contribution in [3.05, 3.63) is 67.8 Å². The smallest absolute Gasteiger partial charge is 0.282 e. The zero-order valence-corrected chi connectivity index (χ0v) is 12.1. The summed E-state index contributed by atoms with van der Waals surface area (Å²) in [5, 5.41) is 10.8. The van der Waals surface area contributed by atoms with Gasteiger partial charge in [-0.05, 0) is 40.3 Å². The number of nitrogens with zero attached hydrogens (tertiary/aromatic N) is 1. The fraction of sp³-hybridized carbons (Fsp3) is 0.0769. The van der Waals surface area contributed by atoms with Gasteiger partial charge in [0.25, 0.3) is 5.69 Å². The molecule has 98 valence electrons. The van der Waals surface area contributed by atoms with Gasteiger partial charge in [-0.3, -0.25) is 10.1 Å². The average Bonchev–Trinajstić information content (AvgIpc) is 2.41. The molecule has 0 bridgehead atoms. The minimum Gasteiger partial charge on any atom is -0.321 e. The van der Waals surface area contributed by atoms with Crippen LogP contribution in [0, 0.1) is 13.7 Å². The Hall–Kier alpha value is -1.67. The van der Waals surface area contributed by atoms with Crippen LogP contribution in [0.2, 0.25) is 0 Å². The van der Waals surface area contributed by atoms with Gasteiger partial charge >= 0.3 is 0 Å². The molecule has 0 aliphatic rings. The number of benzene rings is 2. The van der Waals surface area contributed by atoms with Gasteiger partial charge in [-0.15, -0.1) is 0 Å². The second kappa shape index (κ2) is 6.48. The van der Waals surface area contributed by atoms with Crippen LogP contribution >= 0.6 is 22.6 Å². The van der Waals surface area contributed by atoms with E-state index in [2.05, 4.69) is 10.9 Å². The third kappa shape index (κ3) is 3.65. The average molecular weight is 369 g/mol. The Balaban J connectivity index is 2.00. The lowest BCUT2D eigenvalue weighted by Crippen LogP contribution is -2.21. The van der Waals surface area contributed by atoms with Crippen LogP contribution < -0.4 is 10.9 Å². The summed E-state index contributed by atoms with van der Waals surface area (Å²) in [4.78, 5) is 10.5. The highest BCUT2D eigenvalue weighted by atomic mass is 127. The normalized spacial score (nSPS) is 10.2. The zero-order valence-electron chi connectivity index (χ0n) is 9.97. The molecular weight excluding hydrogens is 357 g/mol. The molecule has 0 aliphatic heterocycles. The molecule has 0 saturated heterocycles. The number of nitro groups is 1. The van der Waals surface area contributed by atoms with Crippen molar-refractivity contribution in [2.45, 2.75) is 6.54 Å². The maximum atomic E-state index is 10.8. The van der Waals surface area contributed by atoms with Crippen molar-refractivity contribution in [2.24, 2.45) is 0 Å². The van der Waals surface area contributed by atoms with Crippen molar-refractivity contribution < 1.29 is 4.92 Å². The number of nitro benzene ring substituents is 1. The van der Waals surface area contributed by atoms with Gasteiger partial charge in [0.1, 0.15) is 0 Å². The third-order valence-electron chi connectivity index (χ3n) is 2.54. The van der Waals surface area contributed by atoms with Crippen LogP contribution in [0.3, 0.4) is 0 Å². The van der Waals surface area contributed by atoms with Crippen molar-refractivity contribution in [3.8, 4) is 0 Å². The van der Waals surface area contributed by atoms with Crippen molar-refractivity contribution in [2.75, 3.05) is 5.43 Å². The number of anilines is 1. The van der Waals surface area contributed by atoms with E-state index in [-0.39, 0.29) is 10.6 Å². The Morgan fingerprint density at radius 2 is 1.84 bits per heavy atom. The molecule has 0 fully saturated rings. The first-order valence-corrected chi connectivity index (χ1v) is 6.72. The first kappa shape index (κ1) is 13.8. The van der Waals surface area contributed by atoms with Gasteiger partial charge in [0.15, 0.2) is 0 Å². The largest absolute Gasteiger partial charge is 0.321 e. The van der Waals surface area contributed by atoms with Crippen molar-refractivity contribution in [1.82, 2.24) is 5.43 Å². The first-order chi connectivity index (χ1) is 9.18. The van der Waals surface area contributed by atoms with E-state index in [9.17, 15) is 10.1 Å². The monoisotopic (exact) mass is 369 g/mol. The van der Waals surface area contributed by atoms with Crippen molar-refractivity contribution in [3.63, 3.8) is 0 Å². The van der Waals surface area contributed by atoms with E-state index < -0.39 is 0 Å². The molecule has 0 unspecified atom stereocenters. The van der Waals surface area contributed by atoms with Gasteiger partial charge in [-0.1, -0.05) is 30.3 Å². The van der Waals surface area contributed by atoms with Crippen LogP contribution in [0.15, 0.2) is 48.5 Å². The van der Waals surface area contributed by atoms with Gasteiger partial charge in [0, 0.05) is 18.3 Å². The molecule has 0 amide bonds. The van der Waals surface area contributed by atoms with E-state index in [0.29, 0.717) is 10.1 Å². The Bertz CT molecular complexity index is 575. The molecule has 19 heavy (non-hydrogen) atoms. The van der Waals surface area contributed by atoms with Gasteiger partial charge in [-0.25, -0.2) is 5.43 Å². The highest BCUT2D eigenvalue weighted by Crippen LogP contribution is 2.23. The summed E-state index contributed by atoms with van der Waals surface area (Å²) in [5.74, 6) is 0. The highest BCUT2D eigenvalue weighted by Gasteiger charge is 2.14. The van der Waals surface area contributed by atoms with Crippen LogP contribution in [-0.4, -0.2) is 4.92 Å². The van der Waals surface area contributed by atoms with Crippen LogP contribution in [0.25, 0.3) is 0 Å². The minimum atomic E-state index is -0.365. The molecule has 2 N–H and O–H groups in total. The number of halogens is 1. The van der Waals surface area contributed by atoms with Crippen LogP contribution in [-0.2, 0) is 6.54 Å². The lowest BCUT2D eigenvalue weighted by molar-refractivity contribution is -0.385. The summed E-state index contributed by atoms with van der Waals surface area (Å²) in [5.41, 5.74) is 8.07. The number of hydrazine groups is 1. The Labute approximate surface area is 124 Å². The molecule has 0 aromatic heterocycles. The van der Waals surface area contributed by atoms with E-state index in [4.69, 9.17) is 0 Å². The third-order valence-corrected chi connectivity index (χ3v) is 3.79. The number of nitrogens with one attached hydrogen (secondary N) is 2. The fourth-order valence-corrected chi connectivity index (χ4v) is 2.35. The minimum absolute atomic E-state index is 0.139. The summed E-state index contributed by atoms with van der Waals surface area (Å²) < 4.78 is 0.660. The zero-order chi connectivity index (χ0) is 13.7. The molecule has 0 spiro atoms. The molecule has 0 aliphatic carbocycles. The van der Waals surface area contributed by atoms with Crippen molar-refractivity contribution in [1.29, 1.82) is 0 Å². The van der Waals surface area contributed by atoms with Gasteiger partial charge in [0.2, 0.25) is 0 Å². The van der Waals surface area contributed by atoms with E-state index in [0.717, 1.165) is 11.3 Å². The predicted molar refractivity (Wildman–Crippen MR) is 82.7 cm³/mol. The van der Waals surface area contributed by atoms with E-state index in [1.807, 2.05) is 59.0 Å². The topological polar surface area (TPSA) is 67.2 Å². The summed E-state index contributed by atoms with van der Waals surface area (Å²) in [6.07, 6.45) is 0. The first-order valence-electron chi connectivity index (χ1n) is 5.64. The SMILES string of the molecule is O=[N+]([O-])c1cccc(CNNc2ccccc2)c1I. The Morgan fingerprint density at radius 1 is 1.11 bits per heavy atom. The van der Waals surface area contributed by atoms with Crippen LogP contribution in [0.5, 0.6) is 0 Å². The summed E-state index contributed by atoms with van der Waals surface area (Å²) >= 11 is 2.00. The van der Waals surface area contributed by atoms with E-state index in [1.165, 1.54) is 6.07 Å². The molecule has 0 heterocycles. The maximum Gasteiger partial charge on any atom is 0.282 e. The summed E-state index contributed by atoms with van der Waals surface area (Å²) in [6.45, 7) is 0.509. The molecule has 2 rings (SSSR count). The van der Waals surface area contributed by atoms with E-state index in [1.54, 1.807) is 6.07 Å². The highest BCUT2D eigenvalue weighted by molar-refractivity contribution is 14.1. The van der Waals surface area contributed by atoms with Crippen molar-refractivity contribution >= 4 is 34.0 Å². The quantitative estimate of drug-likeness (QED) is 0.482. The number of hydrogen-bond donors (Lipinski definition) is 2. The summed E-state index contributed by atoms with van der Waals surface area (Å²) in [7, 11) is 0. The van der Waals surface area contributed by atoms with Crippen LogP contribution in [0.4, 0.5) is 11.4 Å². The van der Waals surface area contributed by atoms with E-state index >= 15 is 0 Å². The molecule has 5 nitrogen and oxygen atoms in total. The molecule has 0 atom stereocenters. The van der Waals surface area contributed by atoms with Gasteiger partial charge in [-0.2, -0.15) is 0 Å². The van der Waals surface area contributed by atoms with Crippen LogP contribution in [0.1, 0.15) is 5.56 Å². The molecule has 2 aromatic rings. The second-order valence-corrected chi connectivity index (χ2v) is 4.93. The lowest BCUT2D eigenvalue weighted by atomic mass is 10.2. The Kier molecular flexibility index (Phi) is 4.69. The predicted octanol–water partition coefficient (Wildman–Crippen LogP) is 3.32. The molecule has 2 aromatic carbocycles. The summed E-state index contributed by atoms with van der Waals surface area (Å²) in [6, 6.07) is 14.7. The maximum absolute atomic E-state index is 10.8. The number of rotatable bonds is 5. The van der Waals surface area contributed by atoms with Gasteiger partial charge in [0.05, 0.1) is 8.49 Å². The number of para-hydroxylation sites is 1. The van der Waals surface area contributed by atoms with Gasteiger partial charge < -0.3 is 5.43 Å².